The van der Waals surface area contributed by atoms with Gasteiger partial charge >= 0.3 is 6.36 Å². The number of carbonyl (C=O) groups is 2. The van der Waals surface area contributed by atoms with Crippen LogP contribution in [0.15, 0.2) is 36.5 Å². The quantitative estimate of drug-likeness (QED) is 0.800. The van der Waals surface area contributed by atoms with Gasteiger partial charge in [0.25, 0.3) is 5.91 Å². The van der Waals surface area contributed by atoms with Crippen molar-refractivity contribution < 1.29 is 27.5 Å². The summed E-state index contributed by atoms with van der Waals surface area (Å²) < 4.78 is 40.8. The van der Waals surface area contributed by atoms with E-state index < -0.39 is 18.3 Å². The zero-order valence-corrected chi connectivity index (χ0v) is 14.5. The highest BCUT2D eigenvalue weighted by Gasteiger charge is 2.31. The van der Waals surface area contributed by atoms with E-state index in [1.54, 1.807) is 19.9 Å². The molecule has 2 N–H and O–H groups in total. The number of nitrogens with zero attached hydrogens (tertiary/aromatic N) is 2. The highest BCUT2D eigenvalue weighted by Crippen LogP contribution is 2.25. The van der Waals surface area contributed by atoms with Gasteiger partial charge in [0, 0.05) is 12.6 Å². The molecule has 2 aromatic rings. The van der Waals surface area contributed by atoms with Crippen molar-refractivity contribution in [2.24, 2.45) is 0 Å². The predicted molar refractivity (Wildman–Crippen MR) is 90.0 cm³/mol. The van der Waals surface area contributed by atoms with E-state index in [-0.39, 0.29) is 29.7 Å². The lowest BCUT2D eigenvalue weighted by molar-refractivity contribution is -0.274. The number of anilines is 1. The van der Waals surface area contributed by atoms with Crippen LogP contribution in [0.3, 0.4) is 0 Å². The molecule has 0 aliphatic heterocycles. The van der Waals surface area contributed by atoms with E-state index in [9.17, 15) is 22.8 Å². The molecular formula is C17H17F3N4O3. The number of benzene rings is 1. The van der Waals surface area contributed by atoms with Crippen LogP contribution in [0.4, 0.5) is 19.1 Å². The Morgan fingerprint density at radius 2 is 2.00 bits per heavy atom. The van der Waals surface area contributed by atoms with E-state index in [1.807, 2.05) is 0 Å². The zero-order chi connectivity index (χ0) is 20.0. The Labute approximate surface area is 153 Å². The largest absolute Gasteiger partial charge is 0.573 e. The molecule has 0 spiro atoms. The highest BCUT2D eigenvalue weighted by molar-refractivity contribution is 5.93. The van der Waals surface area contributed by atoms with E-state index in [4.69, 9.17) is 0 Å². The van der Waals surface area contributed by atoms with Crippen molar-refractivity contribution in [2.75, 3.05) is 5.32 Å². The normalized spacial score (nSPS) is 12.2. The first-order valence-electron chi connectivity index (χ1n) is 7.97. The van der Waals surface area contributed by atoms with Gasteiger partial charge in [0.2, 0.25) is 11.9 Å². The van der Waals surface area contributed by atoms with Gasteiger partial charge in [-0.15, -0.1) is 13.2 Å². The molecule has 0 aliphatic carbocycles. The van der Waals surface area contributed by atoms with Gasteiger partial charge in [-0.1, -0.05) is 19.1 Å². The van der Waals surface area contributed by atoms with Gasteiger partial charge < -0.3 is 10.1 Å². The standard InChI is InChI=1S/C17H17F3N4O3/c1-3-14(25)24-16-21-8-7-13(23-16)15(26)22-10(2)11-5-4-6-12(9-11)27-17(18,19)20/h4-10H,3H2,1-2H3,(H,22,26)(H,21,23,24,25). The fourth-order valence-electron chi connectivity index (χ4n) is 2.09. The van der Waals surface area contributed by atoms with Crippen molar-refractivity contribution in [3.63, 3.8) is 0 Å². The smallest absolute Gasteiger partial charge is 0.406 e. The maximum absolute atomic E-state index is 12.3. The first kappa shape index (κ1) is 20.1. The number of halogens is 3. The molecule has 10 heteroatoms. The number of hydrogen-bond acceptors (Lipinski definition) is 5. The molecule has 2 amide bonds. The van der Waals surface area contributed by atoms with Gasteiger partial charge in [0.15, 0.2) is 0 Å². The third-order valence-electron chi connectivity index (χ3n) is 3.40. The summed E-state index contributed by atoms with van der Waals surface area (Å²) in [7, 11) is 0. The summed E-state index contributed by atoms with van der Waals surface area (Å²) in [6.07, 6.45) is -3.26. The van der Waals surface area contributed by atoms with Gasteiger partial charge in [-0.2, -0.15) is 0 Å². The number of aromatic nitrogens is 2. The minimum Gasteiger partial charge on any atom is -0.406 e. The van der Waals surface area contributed by atoms with E-state index in [0.717, 1.165) is 0 Å². The molecule has 1 aromatic carbocycles. The average molecular weight is 382 g/mol. The SMILES string of the molecule is CCC(=O)Nc1nccc(C(=O)NC(C)c2cccc(OC(F)(F)F)c2)n1. The van der Waals surface area contributed by atoms with Crippen LogP contribution >= 0.6 is 0 Å². The lowest BCUT2D eigenvalue weighted by Gasteiger charge is -2.16. The number of nitrogens with one attached hydrogen (secondary N) is 2. The molecule has 27 heavy (non-hydrogen) atoms. The molecule has 1 atom stereocenters. The Morgan fingerprint density at radius 3 is 2.67 bits per heavy atom. The Kier molecular flexibility index (Phi) is 6.32. The lowest BCUT2D eigenvalue weighted by atomic mass is 10.1. The van der Waals surface area contributed by atoms with Gasteiger partial charge in [-0.25, -0.2) is 9.97 Å². The molecule has 0 radical (unpaired) electrons. The number of amides is 2. The van der Waals surface area contributed by atoms with Crippen LogP contribution in [0, 0.1) is 0 Å². The molecule has 0 fully saturated rings. The van der Waals surface area contributed by atoms with Crippen molar-refractivity contribution in [1.82, 2.24) is 15.3 Å². The Hall–Kier alpha value is -3.17. The fourth-order valence-corrected chi connectivity index (χ4v) is 2.09. The monoisotopic (exact) mass is 382 g/mol. The summed E-state index contributed by atoms with van der Waals surface area (Å²) in [5.74, 6) is -1.27. The minimum absolute atomic E-state index is 0.00551. The van der Waals surface area contributed by atoms with E-state index in [1.165, 1.54) is 30.5 Å². The summed E-state index contributed by atoms with van der Waals surface area (Å²) in [6, 6.07) is 6.04. The van der Waals surface area contributed by atoms with Crippen LogP contribution in [0.2, 0.25) is 0 Å². The molecule has 7 nitrogen and oxygen atoms in total. The molecule has 1 heterocycles. The van der Waals surface area contributed by atoms with E-state index in [2.05, 4.69) is 25.3 Å². The number of carbonyl (C=O) groups excluding carboxylic acids is 2. The van der Waals surface area contributed by atoms with Crippen LogP contribution in [-0.2, 0) is 4.79 Å². The lowest BCUT2D eigenvalue weighted by Crippen LogP contribution is -2.28. The molecule has 2 rings (SSSR count). The van der Waals surface area contributed by atoms with Crippen LogP contribution in [0.25, 0.3) is 0 Å². The van der Waals surface area contributed by atoms with Crippen LogP contribution in [0.1, 0.15) is 42.4 Å². The average Bonchev–Trinajstić information content (AvgIpc) is 2.60. The summed E-state index contributed by atoms with van der Waals surface area (Å²) in [5, 5.41) is 5.06. The number of rotatable bonds is 6. The molecule has 0 saturated carbocycles. The van der Waals surface area contributed by atoms with Gasteiger partial charge in [0.05, 0.1) is 6.04 Å². The summed E-state index contributed by atoms with van der Waals surface area (Å²) in [4.78, 5) is 31.5. The topological polar surface area (TPSA) is 93.2 Å². The Balaban J connectivity index is 2.08. The molecule has 0 aliphatic rings. The molecule has 0 saturated heterocycles. The van der Waals surface area contributed by atoms with E-state index >= 15 is 0 Å². The molecule has 0 bridgehead atoms. The second-order valence-corrected chi connectivity index (χ2v) is 5.48. The Morgan fingerprint density at radius 1 is 1.26 bits per heavy atom. The third kappa shape index (κ3) is 6.24. The van der Waals surface area contributed by atoms with E-state index in [0.29, 0.717) is 5.56 Å². The van der Waals surface area contributed by atoms with Crippen molar-refractivity contribution >= 4 is 17.8 Å². The zero-order valence-electron chi connectivity index (χ0n) is 14.5. The first-order valence-corrected chi connectivity index (χ1v) is 7.97. The highest BCUT2D eigenvalue weighted by atomic mass is 19.4. The van der Waals surface area contributed by atoms with Gasteiger partial charge in [-0.05, 0) is 30.7 Å². The second-order valence-electron chi connectivity index (χ2n) is 5.48. The summed E-state index contributed by atoms with van der Waals surface area (Å²) in [6.45, 7) is 3.26. The third-order valence-corrected chi connectivity index (χ3v) is 3.40. The van der Waals surface area contributed by atoms with Gasteiger partial charge in [0.1, 0.15) is 11.4 Å². The van der Waals surface area contributed by atoms with Crippen LogP contribution in [0.5, 0.6) is 5.75 Å². The maximum Gasteiger partial charge on any atom is 0.573 e. The first-order chi connectivity index (χ1) is 12.7. The molecule has 144 valence electrons. The number of ether oxygens (including phenoxy) is 1. The molecule has 1 aromatic heterocycles. The van der Waals surface area contributed by atoms with Crippen molar-refractivity contribution in [3.05, 3.63) is 47.8 Å². The molecular weight excluding hydrogens is 365 g/mol. The maximum atomic E-state index is 12.3. The molecule has 1 unspecified atom stereocenters. The van der Waals surface area contributed by atoms with Crippen molar-refractivity contribution in [1.29, 1.82) is 0 Å². The van der Waals surface area contributed by atoms with Crippen LogP contribution < -0.4 is 15.4 Å². The predicted octanol–water partition coefficient (Wildman–Crippen LogP) is 3.21. The Bertz CT molecular complexity index is 827. The van der Waals surface area contributed by atoms with Gasteiger partial charge in [-0.3, -0.25) is 14.9 Å². The van der Waals surface area contributed by atoms with Crippen molar-refractivity contribution in [3.8, 4) is 5.75 Å². The second kappa shape index (κ2) is 8.47. The number of alkyl halides is 3. The fraction of sp³-hybridized carbons (Fsp3) is 0.294. The minimum atomic E-state index is -4.80. The van der Waals surface area contributed by atoms with Crippen molar-refractivity contribution in [2.45, 2.75) is 32.7 Å². The number of hydrogen-bond donors (Lipinski definition) is 2. The van der Waals surface area contributed by atoms with Crippen LogP contribution in [-0.4, -0.2) is 28.1 Å². The summed E-state index contributed by atoms with van der Waals surface area (Å²) in [5.41, 5.74) is 0.421. The summed E-state index contributed by atoms with van der Waals surface area (Å²) >= 11 is 0.